The van der Waals surface area contributed by atoms with E-state index in [1.165, 1.54) is 12.1 Å². The molecule has 2 N–H and O–H groups in total. The van der Waals surface area contributed by atoms with Crippen LogP contribution in [-0.4, -0.2) is 56.8 Å². The molecule has 1 aliphatic rings. The lowest BCUT2D eigenvalue weighted by molar-refractivity contribution is 0.0170. The molecule has 0 spiro atoms. The molecule has 0 radical (unpaired) electrons. The Labute approximate surface area is 150 Å². The molecule has 0 bridgehead atoms. The molecule has 1 heterocycles. The zero-order chi connectivity index (χ0) is 18.1. The smallest absolute Gasteiger partial charge is 0.191 e. The number of halogens is 1. The van der Waals surface area contributed by atoms with E-state index in [1.54, 1.807) is 0 Å². The van der Waals surface area contributed by atoms with E-state index >= 15 is 0 Å². The Balaban J connectivity index is 2.08. The second-order valence-electron chi connectivity index (χ2n) is 6.71. The predicted molar refractivity (Wildman–Crippen MR) is 100 cm³/mol. The van der Waals surface area contributed by atoms with Gasteiger partial charge in [0.05, 0.1) is 19.3 Å². The fraction of sp³-hybridized carbons (Fsp3) is 0.632. The van der Waals surface area contributed by atoms with E-state index in [2.05, 4.69) is 41.3 Å². The molecule has 0 aromatic heterocycles. The van der Waals surface area contributed by atoms with Crippen molar-refractivity contribution in [2.75, 3.05) is 45.9 Å². The number of ether oxygens (including phenoxy) is 1. The number of benzene rings is 1. The van der Waals surface area contributed by atoms with E-state index in [0.717, 1.165) is 57.5 Å². The monoisotopic (exact) mass is 350 g/mol. The van der Waals surface area contributed by atoms with Gasteiger partial charge in [-0.1, -0.05) is 26.0 Å². The third-order valence-electron chi connectivity index (χ3n) is 4.16. The molecule has 5 nitrogen and oxygen atoms in total. The molecule has 6 heteroatoms. The van der Waals surface area contributed by atoms with Gasteiger partial charge in [0.15, 0.2) is 5.96 Å². The van der Waals surface area contributed by atoms with Crippen LogP contribution in [0.4, 0.5) is 4.39 Å². The average Bonchev–Trinajstić information content (AvgIpc) is 2.62. The minimum atomic E-state index is -0.204. The maximum atomic E-state index is 13.3. The number of guanidine groups is 1. The van der Waals surface area contributed by atoms with Gasteiger partial charge in [0, 0.05) is 32.7 Å². The van der Waals surface area contributed by atoms with Gasteiger partial charge in [0.25, 0.3) is 0 Å². The molecule has 1 saturated heterocycles. The van der Waals surface area contributed by atoms with E-state index in [1.807, 2.05) is 12.1 Å². The van der Waals surface area contributed by atoms with Crippen molar-refractivity contribution in [1.82, 2.24) is 15.5 Å². The van der Waals surface area contributed by atoms with Crippen molar-refractivity contribution in [2.45, 2.75) is 26.8 Å². The first-order valence-corrected chi connectivity index (χ1v) is 9.19. The summed E-state index contributed by atoms with van der Waals surface area (Å²) < 4.78 is 18.8. The summed E-state index contributed by atoms with van der Waals surface area (Å²) in [5.74, 6) is 1.14. The van der Waals surface area contributed by atoms with Gasteiger partial charge in [-0.3, -0.25) is 9.89 Å². The van der Waals surface area contributed by atoms with Crippen molar-refractivity contribution in [3.05, 3.63) is 35.6 Å². The highest BCUT2D eigenvalue weighted by molar-refractivity contribution is 5.79. The number of nitrogens with zero attached hydrogens (tertiary/aromatic N) is 2. The van der Waals surface area contributed by atoms with E-state index < -0.39 is 0 Å². The van der Waals surface area contributed by atoms with E-state index in [0.29, 0.717) is 5.92 Å². The molecule has 140 valence electrons. The molecule has 0 saturated carbocycles. The molecule has 25 heavy (non-hydrogen) atoms. The van der Waals surface area contributed by atoms with Crippen LogP contribution in [-0.2, 0) is 4.74 Å². The number of hydrogen-bond acceptors (Lipinski definition) is 3. The lowest BCUT2D eigenvalue weighted by Gasteiger charge is -2.35. The Morgan fingerprint density at radius 2 is 1.88 bits per heavy atom. The summed E-state index contributed by atoms with van der Waals surface area (Å²) in [6, 6.07) is 6.96. The van der Waals surface area contributed by atoms with Gasteiger partial charge in [-0.05, 0) is 30.5 Å². The zero-order valence-corrected chi connectivity index (χ0v) is 15.6. The van der Waals surface area contributed by atoms with Crippen molar-refractivity contribution in [2.24, 2.45) is 10.9 Å². The number of nitrogens with one attached hydrogen (secondary N) is 2. The lowest BCUT2D eigenvalue weighted by atomic mass is 10.0. The first-order chi connectivity index (χ1) is 12.1. The van der Waals surface area contributed by atoms with Crippen LogP contribution >= 0.6 is 0 Å². The molecular formula is C19H31FN4O. The standard InChI is InChI=1S/C19H31FN4O/c1-4-21-19(22-13-15(2)3)23-14-18(24-9-11-25-12-10-24)16-5-7-17(20)8-6-16/h5-8,15,18H,4,9-14H2,1-3H3,(H2,21,22,23). The average molecular weight is 350 g/mol. The van der Waals surface area contributed by atoms with Gasteiger partial charge >= 0.3 is 0 Å². The van der Waals surface area contributed by atoms with Crippen molar-refractivity contribution >= 4 is 5.96 Å². The normalized spacial score (nSPS) is 17.6. The Hall–Kier alpha value is -1.66. The molecule has 0 aliphatic carbocycles. The highest BCUT2D eigenvalue weighted by Crippen LogP contribution is 2.21. The van der Waals surface area contributed by atoms with Gasteiger partial charge in [-0.2, -0.15) is 0 Å². The minimum absolute atomic E-state index is 0.160. The van der Waals surface area contributed by atoms with Gasteiger partial charge in [0.2, 0.25) is 0 Å². The second kappa shape index (κ2) is 10.4. The predicted octanol–water partition coefficient (Wildman–Crippen LogP) is 2.41. The summed E-state index contributed by atoms with van der Waals surface area (Å²) in [6.45, 7) is 11.9. The maximum Gasteiger partial charge on any atom is 0.191 e. The Morgan fingerprint density at radius 1 is 1.20 bits per heavy atom. The van der Waals surface area contributed by atoms with Crippen LogP contribution in [0.2, 0.25) is 0 Å². The van der Waals surface area contributed by atoms with E-state index in [4.69, 9.17) is 4.74 Å². The summed E-state index contributed by atoms with van der Waals surface area (Å²) in [6.07, 6.45) is 0. The molecule has 2 rings (SSSR count). The highest BCUT2D eigenvalue weighted by atomic mass is 19.1. The lowest BCUT2D eigenvalue weighted by Crippen LogP contribution is -2.46. The molecule has 1 unspecified atom stereocenters. The number of aliphatic imine (C=N–C) groups is 1. The Morgan fingerprint density at radius 3 is 2.48 bits per heavy atom. The van der Waals surface area contributed by atoms with Crippen LogP contribution in [0.25, 0.3) is 0 Å². The van der Waals surface area contributed by atoms with Crippen molar-refractivity contribution < 1.29 is 9.13 Å². The van der Waals surface area contributed by atoms with Gasteiger partial charge in [0.1, 0.15) is 5.82 Å². The van der Waals surface area contributed by atoms with Crippen LogP contribution in [0.1, 0.15) is 32.4 Å². The molecule has 1 aromatic carbocycles. The van der Waals surface area contributed by atoms with Crippen molar-refractivity contribution in [1.29, 1.82) is 0 Å². The second-order valence-corrected chi connectivity index (χ2v) is 6.71. The van der Waals surface area contributed by atoms with E-state index in [9.17, 15) is 4.39 Å². The quantitative estimate of drug-likeness (QED) is 0.586. The van der Waals surface area contributed by atoms with Crippen LogP contribution in [0.3, 0.4) is 0 Å². The molecular weight excluding hydrogens is 319 g/mol. The summed E-state index contributed by atoms with van der Waals surface area (Å²) in [5, 5.41) is 6.74. The van der Waals surface area contributed by atoms with Gasteiger partial charge < -0.3 is 15.4 Å². The molecule has 1 aliphatic heterocycles. The Bertz CT molecular complexity index is 527. The number of morpholine rings is 1. The van der Waals surface area contributed by atoms with Crippen molar-refractivity contribution in [3.8, 4) is 0 Å². The van der Waals surface area contributed by atoms with Crippen LogP contribution < -0.4 is 10.6 Å². The molecule has 1 aromatic rings. The summed E-state index contributed by atoms with van der Waals surface area (Å²) >= 11 is 0. The topological polar surface area (TPSA) is 48.9 Å². The van der Waals surface area contributed by atoms with Crippen LogP contribution in [0.5, 0.6) is 0 Å². The first kappa shape index (κ1) is 19.7. The van der Waals surface area contributed by atoms with Crippen molar-refractivity contribution in [3.63, 3.8) is 0 Å². The van der Waals surface area contributed by atoms with Gasteiger partial charge in [-0.25, -0.2) is 4.39 Å². The molecule has 1 fully saturated rings. The first-order valence-electron chi connectivity index (χ1n) is 9.19. The molecule has 1 atom stereocenters. The zero-order valence-electron chi connectivity index (χ0n) is 15.6. The summed E-state index contributed by atoms with van der Waals surface area (Å²) in [7, 11) is 0. The van der Waals surface area contributed by atoms with Crippen LogP contribution in [0, 0.1) is 11.7 Å². The van der Waals surface area contributed by atoms with Crippen LogP contribution in [0.15, 0.2) is 29.3 Å². The fourth-order valence-corrected chi connectivity index (χ4v) is 2.84. The number of hydrogen-bond donors (Lipinski definition) is 2. The highest BCUT2D eigenvalue weighted by Gasteiger charge is 2.23. The third kappa shape index (κ3) is 6.63. The SMILES string of the molecule is CCNC(=NCC(C)C)NCC(c1ccc(F)cc1)N1CCOCC1. The summed E-state index contributed by atoms with van der Waals surface area (Å²) in [5.41, 5.74) is 1.11. The van der Waals surface area contributed by atoms with E-state index in [-0.39, 0.29) is 11.9 Å². The minimum Gasteiger partial charge on any atom is -0.379 e. The maximum absolute atomic E-state index is 13.3. The molecule has 0 amide bonds. The largest absolute Gasteiger partial charge is 0.379 e. The fourth-order valence-electron chi connectivity index (χ4n) is 2.84. The van der Waals surface area contributed by atoms with Gasteiger partial charge in [-0.15, -0.1) is 0 Å². The Kier molecular flexibility index (Phi) is 8.15. The third-order valence-corrected chi connectivity index (χ3v) is 4.16. The number of rotatable bonds is 7. The summed E-state index contributed by atoms with van der Waals surface area (Å²) in [4.78, 5) is 7.01.